The minimum atomic E-state index is -0.564. The van der Waals surface area contributed by atoms with Crippen molar-refractivity contribution in [2.45, 2.75) is 6.92 Å². The molecule has 0 saturated heterocycles. The maximum atomic E-state index is 13.4. The number of benzene rings is 1. The lowest BCUT2D eigenvalue weighted by atomic mass is 10.3. The highest BCUT2D eigenvalue weighted by Gasteiger charge is 2.06. The van der Waals surface area contributed by atoms with E-state index in [4.69, 9.17) is 10.5 Å². The second kappa shape index (κ2) is 5.31. The van der Waals surface area contributed by atoms with Crippen molar-refractivity contribution in [2.75, 3.05) is 17.7 Å². The Labute approximate surface area is 104 Å². The average molecular weight is 248 g/mol. The maximum absolute atomic E-state index is 13.4. The van der Waals surface area contributed by atoms with Crippen LogP contribution in [-0.4, -0.2) is 16.6 Å². The minimum absolute atomic E-state index is 0.0138. The van der Waals surface area contributed by atoms with Crippen LogP contribution in [0, 0.1) is 5.82 Å². The number of ether oxygens (including phenoxy) is 1. The molecular formula is C12H13FN4O. The molecule has 6 heteroatoms. The predicted molar refractivity (Wildman–Crippen MR) is 67.3 cm³/mol. The number of nitrogen functional groups attached to an aromatic ring is 1. The largest absolute Gasteiger partial charge is 0.494 e. The number of nitrogens with one attached hydrogen (secondary N) is 1. The number of nitrogens with zero attached hydrogens (tertiary/aromatic N) is 2. The third-order valence-corrected chi connectivity index (χ3v) is 2.17. The van der Waals surface area contributed by atoms with E-state index in [1.54, 1.807) is 18.2 Å². The van der Waals surface area contributed by atoms with Crippen LogP contribution < -0.4 is 15.8 Å². The van der Waals surface area contributed by atoms with Gasteiger partial charge >= 0.3 is 0 Å². The first kappa shape index (κ1) is 12.1. The normalized spacial score (nSPS) is 10.1. The number of rotatable bonds is 4. The summed E-state index contributed by atoms with van der Waals surface area (Å²) in [4.78, 5) is 7.34. The van der Waals surface area contributed by atoms with Crippen molar-refractivity contribution in [3.63, 3.8) is 0 Å². The van der Waals surface area contributed by atoms with Crippen molar-refractivity contribution in [3.8, 4) is 5.75 Å². The summed E-state index contributed by atoms with van der Waals surface area (Å²) in [6, 6.07) is 7.15. The summed E-state index contributed by atoms with van der Waals surface area (Å²) in [5.74, 6) is 0.187. The molecule has 3 N–H and O–H groups in total. The van der Waals surface area contributed by atoms with Gasteiger partial charge < -0.3 is 15.8 Å². The molecule has 0 aliphatic rings. The Morgan fingerprint density at radius 1 is 1.44 bits per heavy atom. The first-order valence-electron chi connectivity index (χ1n) is 5.47. The lowest BCUT2D eigenvalue weighted by Gasteiger charge is -2.09. The van der Waals surface area contributed by atoms with E-state index in [9.17, 15) is 4.39 Å². The van der Waals surface area contributed by atoms with Gasteiger partial charge in [-0.05, 0) is 19.1 Å². The van der Waals surface area contributed by atoms with Crippen LogP contribution in [0.15, 0.2) is 30.5 Å². The minimum Gasteiger partial charge on any atom is -0.494 e. The second-order valence-electron chi connectivity index (χ2n) is 3.51. The Morgan fingerprint density at radius 3 is 3.06 bits per heavy atom. The molecular weight excluding hydrogens is 235 g/mol. The molecule has 0 aliphatic carbocycles. The van der Waals surface area contributed by atoms with Crippen molar-refractivity contribution in [1.82, 2.24) is 9.97 Å². The van der Waals surface area contributed by atoms with Gasteiger partial charge in [0.25, 0.3) is 0 Å². The van der Waals surface area contributed by atoms with Gasteiger partial charge in [-0.1, -0.05) is 6.07 Å². The highest BCUT2D eigenvalue weighted by atomic mass is 19.1. The van der Waals surface area contributed by atoms with Gasteiger partial charge in [-0.25, -0.2) is 9.37 Å². The van der Waals surface area contributed by atoms with Gasteiger partial charge in [0.2, 0.25) is 5.95 Å². The molecule has 0 saturated carbocycles. The zero-order valence-corrected chi connectivity index (χ0v) is 9.85. The first-order chi connectivity index (χ1) is 8.69. The monoisotopic (exact) mass is 248 g/mol. The molecule has 1 heterocycles. The smallest absolute Gasteiger partial charge is 0.222 e. The molecule has 2 aromatic rings. The Hall–Kier alpha value is -2.37. The summed E-state index contributed by atoms with van der Waals surface area (Å²) in [6.07, 6.45) is 1.02. The Balaban J connectivity index is 2.22. The highest BCUT2D eigenvalue weighted by Crippen LogP contribution is 2.22. The van der Waals surface area contributed by atoms with Gasteiger partial charge in [0.15, 0.2) is 11.6 Å². The molecule has 0 spiro atoms. The molecule has 1 aromatic heterocycles. The van der Waals surface area contributed by atoms with Gasteiger partial charge in [-0.15, -0.1) is 0 Å². The van der Waals surface area contributed by atoms with E-state index in [1.165, 1.54) is 0 Å². The summed E-state index contributed by atoms with van der Waals surface area (Å²) >= 11 is 0. The van der Waals surface area contributed by atoms with Crippen LogP contribution in [0.2, 0.25) is 0 Å². The SMILES string of the molecule is CCOc1cccc(Nc2nc(N)ncc2F)c1. The van der Waals surface area contributed by atoms with Crippen LogP contribution in [0.25, 0.3) is 0 Å². The van der Waals surface area contributed by atoms with E-state index in [1.807, 2.05) is 13.0 Å². The molecule has 1 aromatic carbocycles. The summed E-state index contributed by atoms with van der Waals surface area (Å²) < 4.78 is 18.8. The fourth-order valence-electron chi connectivity index (χ4n) is 1.44. The molecule has 0 bridgehead atoms. The molecule has 5 nitrogen and oxygen atoms in total. The number of nitrogens with two attached hydrogens (primary N) is 1. The zero-order valence-electron chi connectivity index (χ0n) is 9.85. The van der Waals surface area contributed by atoms with E-state index in [0.29, 0.717) is 18.0 Å². The lowest BCUT2D eigenvalue weighted by Crippen LogP contribution is -2.02. The topological polar surface area (TPSA) is 73.1 Å². The summed E-state index contributed by atoms with van der Waals surface area (Å²) in [6.45, 7) is 2.46. The van der Waals surface area contributed by atoms with E-state index < -0.39 is 5.82 Å². The summed E-state index contributed by atoms with van der Waals surface area (Å²) in [7, 11) is 0. The van der Waals surface area contributed by atoms with Crippen molar-refractivity contribution in [3.05, 3.63) is 36.3 Å². The van der Waals surface area contributed by atoms with Crippen LogP contribution in [0.1, 0.15) is 6.92 Å². The van der Waals surface area contributed by atoms with Crippen molar-refractivity contribution in [1.29, 1.82) is 0 Å². The number of anilines is 3. The van der Waals surface area contributed by atoms with E-state index in [0.717, 1.165) is 6.20 Å². The second-order valence-corrected chi connectivity index (χ2v) is 3.51. The molecule has 0 radical (unpaired) electrons. The van der Waals surface area contributed by atoms with E-state index >= 15 is 0 Å². The molecule has 0 aliphatic heterocycles. The molecule has 0 fully saturated rings. The van der Waals surface area contributed by atoms with Crippen molar-refractivity contribution in [2.24, 2.45) is 0 Å². The fraction of sp³-hybridized carbons (Fsp3) is 0.167. The molecule has 0 amide bonds. The zero-order chi connectivity index (χ0) is 13.0. The average Bonchev–Trinajstić information content (AvgIpc) is 2.35. The number of hydrogen-bond acceptors (Lipinski definition) is 5. The Bertz CT molecular complexity index is 547. The van der Waals surface area contributed by atoms with Gasteiger partial charge in [-0.2, -0.15) is 4.98 Å². The third-order valence-electron chi connectivity index (χ3n) is 2.17. The van der Waals surface area contributed by atoms with Crippen molar-refractivity contribution >= 4 is 17.5 Å². The van der Waals surface area contributed by atoms with Crippen LogP contribution in [0.4, 0.5) is 21.8 Å². The van der Waals surface area contributed by atoms with Crippen molar-refractivity contribution < 1.29 is 9.13 Å². The Kier molecular flexibility index (Phi) is 3.57. The van der Waals surface area contributed by atoms with Crippen LogP contribution in [-0.2, 0) is 0 Å². The van der Waals surface area contributed by atoms with Gasteiger partial charge in [-0.3, -0.25) is 0 Å². The number of hydrogen-bond donors (Lipinski definition) is 2. The summed E-state index contributed by atoms with van der Waals surface area (Å²) in [5.41, 5.74) is 6.07. The van der Waals surface area contributed by atoms with Crippen LogP contribution in [0.5, 0.6) is 5.75 Å². The number of halogens is 1. The van der Waals surface area contributed by atoms with E-state index in [2.05, 4.69) is 15.3 Å². The van der Waals surface area contributed by atoms with Crippen LogP contribution >= 0.6 is 0 Å². The molecule has 94 valence electrons. The molecule has 18 heavy (non-hydrogen) atoms. The highest BCUT2D eigenvalue weighted by molar-refractivity contribution is 5.59. The maximum Gasteiger partial charge on any atom is 0.222 e. The fourth-order valence-corrected chi connectivity index (χ4v) is 1.44. The molecule has 0 atom stereocenters. The van der Waals surface area contributed by atoms with Gasteiger partial charge in [0, 0.05) is 11.8 Å². The lowest BCUT2D eigenvalue weighted by molar-refractivity contribution is 0.340. The van der Waals surface area contributed by atoms with E-state index in [-0.39, 0.29) is 11.8 Å². The number of aromatic nitrogens is 2. The summed E-state index contributed by atoms with van der Waals surface area (Å²) in [5, 5.41) is 2.83. The van der Waals surface area contributed by atoms with Gasteiger partial charge in [0.05, 0.1) is 12.8 Å². The third kappa shape index (κ3) is 2.85. The first-order valence-corrected chi connectivity index (χ1v) is 5.47. The van der Waals surface area contributed by atoms with Crippen LogP contribution in [0.3, 0.4) is 0 Å². The molecule has 0 unspecified atom stereocenters. The van der Waals surface area contributed by atoms with Gasteiger partial charge in [0.1, 0.15) is 5.75 Å². The Morgan fingerprint density at radius 2 is 2.28 bits per heavy atom. The standard InChI is InChI=1S/C12H13FN4O/c1-2-18-9-5-3-4-8(6-9)16-11-10(13)7-15-12(14)17-11/h3-7H,2H2,1H3,(H3,14,15,16,17). The quantitative estimate of drug-likeness (QED) is 0.868. The molecule has 2 rings (SSSR count). The predicted octanol–water partition coefficient (Wildman–Crippen LogP) is 2.34.